The van der Waals surface area contributed by atoms with Crippen molar-refractivity contribution in [2.24, 2.45) is 11.8 Å². The molecule has 1 unspecified atom stereocenters. The van der Waals surface area contributed by atoms with Crippen molar-refractivity contribution >= 4 is 6.09 Å². The van der Waals surface area contributed by atoms with E-state index in [1.54, 1.807) is 6.26 Å². The lowest BCUT2D eigenvalue weighted by Crippen LogP contribution is -2.39. The molecule has 1 aromatic rings. The average Bonchev–Trinajstić information content (AvgIpc) is 2.88. The maximum atomic E-state index is 11.7. The monoisotopic (exact) mass is 310 g/mol. The number of nitrogens with one attached hydrogen (secondary N) is 2. The predicted octanol–water partition coefficient (Wildman–Crippen LogP) is 3.21. The van der Waals surface area contributed by atoms with Crippen molar-refractivity contribution in [3.8, 4) is 0 Å². The van der Waals surface area contributed by atoms with Gasteiger partial charge < -0.3 is 19.8 Å². The van der Waals surface area contributed by atoms with Gasteiger partial charge in [-0.3, -0.25) is 0 Å². The van der Waals surface area contributed by atoms with Gasteiger partial charge in [-0.2, -0.15) is 0 Å². The van der Waals surface area contributed by atoms with Crippen LogP contribution in [0.3, 0.4) is 0 Å². The van der Waals surface area contributed by atoms with Crippen LogP contribution < -0.4 is 10.6 Å². The van der Waals surface area contributed by atoms with Gasteiger partial charge in [0.2, 0.25) is 0 Å². The number of rotatable bonds is 8. The third kappa shape index (κ3) is 8.08. The number of amides is 1. The number of ether oxygens (including phenoxy) is 1. The van der Waals surface area contributed by atoms with Crippen molar-refractivity contribution in [3.63, 3.8) is 0 Å². The Labute approximate surface area is 133 Å². The van der Waals surface area contributed by atoms with Crippen molar-refractivity contribution in [1.29, 1.82) is 0 Å². The second kappa shape index (κ2) is 8.83. The largest absolute Gasteiger partial charge is 0.469 e. The third-order valence-corrected chi connectivity index (χ3v) is 3.39. The maximum absolute atomic E-state index is 11.7. The van der Waals surface area contributed by atoms with Crippen LogP contribution in [-0.2, 0) is 11.2 Å². The zero-order valence-electron chi connectivity index (χ0n) is 14.4. The van der Waals surface area contributed by atoms with Gasteiger partial charge in [-0.1, -0.05) is 13.8 Å². The summed E-state index contributed by atoms with van der Waals surface area (Å²) in [4.78, 5) is 11.7. The summed E-state index contributed by atoms with van der Waals surface area (Å²) in [6, 6.07) is 3.88. The molecule has 0 aliphatic heterocycles. The highest BCUT2D eigenvalue weighted by Gasteiger charge is 2.18. The Morgan fingerprint density at radius 2 is 2.05 bits per heavy atom. The van der Waals surface area contributed by atoms with E-state index in [-0.39, 0.29) is 6.09 Å². The molecular formula is C17H30N2O3. The van der Waals surface area contributed by atoms with Crippen molar-refractivity contribution in [2.45, 2.75) is 46.6 Å². The summed E-state index contributed by atoms with van der Waals surface area (Å²) < 4.78 is 10.6. The molecule has 0 aliphatic carbocycles. The Bertz CT molecular complexity index is 422. The molecule has 1 heterocycles. The van der Waals surface area contributed by atoms with Gasteiger partial charge in [-0.15, -0.1) is 0 Å². The lowest BCUT2D eigenvalue weighted by Gasteiger charge is -2.24. The van der Waals surface area contributed by atoms with E-state index in [1.165, 1.54) is 0 Å². The van der Waals surface area contributed by atoms with Gasteiger partial charge in [0.05, 0.1) is 6.26 Å². The zero-order chi connectivity index (χ0) is 16.6. The van der Waals surface area contributed by atoms with Gasteiger partial charge in [0.1, 0.15) is 11.4 Å². The summed E-state index contributed by atoms with van der Waals surface area (Å²) in [5, 5.41) is 6.28. The van der Waals surface area contributed by atoms with E-state index in [4.69, 9.17) is 9.15 Å². The standard InChI is InChI=1S/C17H30N2O3/c1-13(2)14(12-19-16(20)22-17(3,4)5)11-18-9-8-15-7-6-10-21-15/h6-7,10,13-14,18H,8-9,11-12H2,1-5H3,(H,19,20). The Morgan fingerprint density at radius 1 is 1.32 bits per heavy atom. The molecule has 0 aliphatic rings. The molecule has 0 radical (unpaired) electrons. The maximum Gasteiger partial charge on any atom is 0.407 e. The molecule has 0 spiro atoms. The highest BCUT2D eigenvalue weighted by molar-refractivity contribution is 5.67. The van der Waals surface area contributed by atoms with E-state index < -0.39 is 5.60 Å². The molecule has 0 aromatic carbocycles. The predicted molar refractivity (Wildman–Crippen MR) is 87.8 cm³/mol. The van der Waals surface area contributed by atoms with Gasteiger partial charge in [0.15, 0.2) is 0 Å². The van der Waals surface area contributed by atoms with Crippen LogP contribution in [0.4, 0.5) is 4.79 Å². The highest BCUT2D eigenvalue weighted by Crippen LogP contribution is 2.10. The molecule has 5 heteroatoms. The van der Waals surface area contributed by atoms with Gasteiger partial charge >= 0.3 is 6.09 Å². The van der Waals surface area contributed by atoms with Crippen LogP contribution in [0, 0.1) is 11.8 Å². The first-order valence-electron chi connectivity index (χ1n) is 7.98. The molecule has 1 atom stereocenters. The molecule has 126 valence electrons. The number of carbonyl (C=O) groups excluding carboxylic acids is 1. The molecular weight excluding hydrogens is 280 g/mol. The fourth-order valence-corrected chi connectivity index (χ4v) is 2.03. The number of furan rings is 1. The van der Waals surface area contributed by atoms with E-state index in [1.807, 2.05) is 32.9 Å². The van der Waals surface area contributed by atoms with Gasteiger partial charge in [0, 0.05) is 19.5 Å². The number of hydrogen-bond acceptors (Lipinski definition) is 4. The Hall–Kier alpha value is -1.49. The molecule has 1 amide bonds. The fourth-order valence-electron chi connectivity index (χ4n) is 2.03. The van der Waals surface area contributed by atoms with E-state index in [9.17, 15) is 4.79 Å². The number of hydrogen-bond donors (Lipinski definition) is 2. The minimum absolute atomic E-state index is 0.353. The molecule has 0 saturated carbocycles. The smallest absolute Gasteiger partial charge is 0.407 e. The van der Waals surface area contributed by atoms with Gasteiger partial charge in [-0.05, 0) is 51.3 Å². The summed E-state index contributed by atoms with van der Waals surface area (Å²) in [7, 11) is 0. The van der Waals surface area contributed by atoms with E-state index in [0.717, 1.165) is 25.3 Å². The van der Waals surface area contributed by atoms with Crippen molar-refractivity contribution < 1.29 is 13.9 Å². The molecule has 22 heavy (non-hydrogen) atoms. The van der Waals surface area contributed by atoms with E-state index in [2.05, 4.69) is 24.5 Å². The molecule has 0 bridgehead atoms. The number of carbonyl (C=O) groups is 1. The van der Waals surface area contributed by atoms with Crippen LogP contribution in [0.5, 0.6) is 0 Å². The lowest BCUT2D eigenvalue weighted by molar-refractivity contribution is 0.0515. The van der Waals surface area contributed by atoms with Crippen LogP contribution in [0.15, 0.2) is 22.8 Å². The molecule has 0 saturated heterocycles. The Morgan fingerprint density at radius 3 is 2.59 bits per heavy atom. The van der Waals surface area contributed by atoms with Crippen molar-refractivity contribution in [1.82, 2.24) is 10.6 Å². The summed E-state index contributed by atoms with van der Waals surface area (Å²) in [6.07, 6.45) is 2.21. The van der Waals surface area contributed by atoms with Crippen molar-refractivity contribution in [2.75, 3.05) is 19.6 Å². The Balaban J connectivity index is 2.25. The molecule has 2 N–H and O–H groups in total. The first kappa shape index (κ1) is 18.6. The molecule has 5 nitrogen and oxygen atoms in total. The second-order valence-electron chi connectivity index (χ2n) is 6.92. The topological polar surface area (TPSA) is 63.5 Å². The minimum atomic E-state index is -0.460. The van der Waals surface area contributed by atoms with Crippen LogP contribution in [0.2, 0.25) is 0 Å². The second-order valence-corrected chi connectivity index (χ2v) is 6.92. The van der Waals surface area contributed by atoms with Crippen LogP contribution >= 0.6 is 0 Å². The summed E-state index contributed by atoms with van der Waals surface area (Å²) in [5.74, 6) is 1.83. The van der Waals surface area contributed by atoms with Gasteiger partial charge in [-0.25, -0.2) is 4.79 Å². The molecule has 0 fully saturated rings. The highest BCUT2D eigenvalue weighted by atomic mass is 16.6. The van der Waals surface area contributed by atoms with Crippen LogP contribution in [0.25, 0.3) is 0 Å². The Kier molecular flexibility index (Phi) is 7.45. The molecule has 1 rings (SSSR count). The normalized spacial score (nSPS) is 13.2. The number of alkyl carbamates (subject to hydrolysis) is 1. The zero-order valence-corrected chi connectivity index (χ0v) is 14.4. The summed E-state index contributed by atoms with van der Waals surface area (Å²) in [5.41, 5.74) is -0.460. The van der Waals surface area contributed by atoms with Crippen LogP contribution in [0.1, 0.15) is 40.4 Å². The quantitative estimate of drug-likeness (QED) is 0.724. The summed E-state index contributed by atoms with van der Waals surface area (Å²) >= 11 is 0. The lowest BCUT2D eigenvalue weighted by atomic mass is 9.96. The van der Waals surface area contributed by atoms with Crippen LogP contribution in [-0.4, -0.2) is 31.3 Å². The molecule has 1 aromatic heterocycles. The average molecular weight is 310 g/mol. The first-order chi connectivity index (χ1) is 10.3. The van der Waals surface area contributed by atoms with E-state index >= 15 is 0 Å². The first-order valence-corrected chi connectivity index (χ1v) is 7.98. The third-order valence-electron chi connectivity index (χ3n) is 3.39. The minimum Gasteiger partial charge on any atom is -0.469 e. The van der Waals surface area contributed by atoms with Crippen molar-refractivity contribution in [3.05, 3.63) is 24.2 Å². The van der Waals surface area contributed by atoms with Gasteiger partial charge in [0.25, 0.3) is 0 Å². The summed E-state index contributed by atoms with van der Waals surface area (Å²) in [6.45, 7) is 12.2. The fraction of sp³-hybridized carbons (Fsp3) is 0.706. The van der Waals surface area contributed by atoms with E-state index in [0.29, 0.717) is 18.4 Å². The SMILES string of the molecule is CC(C)C(CNCCc1ccco1)CNC(=O)OC(C)(C)C.